The van der Waals surface area contributed by atoms with Gasteiger partial charge in [0.05, 0.1) is 5.56 Å². The second kappa shape index (κ2) is 6.15. The molecule has 0 spiro atoms. The molecule has 0 saturated heterocycles. The van der Waals surface area contributed by atoms with Crippen molar-refractivity contribution in [3.05, 3.63) is 34.1 Å². The molecule has 0 saturated carbocycles. The van der Waals surface area contributed by atoms with Crippen molar-refractivity contribution in [3.8, 4) is 0 Å². The first-order chi connectivity index (χ1) is 7.97. The van der Waals surface area contributed by atoms with E-state index in [9.17, 15) is 9.18 Å². The van der Waals surface area contributed by atoms with Crippen molar-refractivity contribution in [3.63, 3.8) is 0 Å². The quantitative estimate of drug-likeness (QED) is 0.830. The molecule has 4 heteroatoms. The molecule has 0 aliphatic carbocycles. The van der Waals surface area contributed by atoms with Gasteiger partial charge in [0.2, 0.25) is 0 Å². The van der Waals surface area contributed by atoms with Crippen LogP contribution in [0.2, 0.25) is 0 Å². The molecule has 0 aliphatic rings. The molecular formula is C13H17BrFNO. The Kier molecular flexibility index (Phi) is 5.12. The standard InChI is InChI=1S/C13H17BrFNO/c1-4-9(2)8-16(3)13(17)12-10(14)6-5-7-11(12)15/h5-7,9H,4,8H2,1-3H3. The first-order valence-corrected chi connectivity index (χ1v) is 6.46. The zero-order valence-corrected chi connectivity index (χ0v) is 11.9. The van der Waals surface area contributed by atoms with Gasteiger partial charge in [-0.25, -0.2) is 4.39 Å². The Balaban J connectivity index is 2.89. The van der Waals surface area contributed by atoms with Crippen LogP contribution in [0.5, 0.6) is 0 Å². The topological polar surface area (TPSA) is 20.3 Å². The average molecular weight is 302 g/mol. The summed E-state index contributed by atoms with van der Waals surface area (Å²) in [5.74, 6) is -0.356. The molecule has 2 nitrogen and oxygen atoms in total. The van der Waals surface area contributed by atoms with E-state index in [1.807, 2.05) is 0 Å². The number of hydrogen-bond acceptors (Lipinski definition) is 1. The Morgan fingerprint density at radius 3 is 2.71 bits per heavy atom. The van der Waals surface area contributed by atoms with Gasteiger partial charge in [-0.05, 0) is 34.0 Å². The molecule has 0 bridgehead atoms. The molecule has 0 fully saturated rings. The number of rotatable bonds is 4. The van der Waals surface area contributed by atoms with Crippen LogP contribution in [0.4, 0.5) is 4.39 Å². The molecule has 0 aromatic heterocycles. The molecule has 0 heterocycles. The number of carbonyl (C=O) groups is 1. The second-order valence-corrected chi connectivity index (χ2v) is 5.15. The SMILES string of the molecule is CCC(C)CN(C)C(=O)c1c(F)cccc1Br. The fourth-order valence-corrected chi connectivity index (χ4v) is 2.08. The number of benzene rings is 1. The lowest BCUT2D eigenvalue weighted by atomic mass is 10.1. The van der Waals surface area contributed by atoms with E-state index < -0.39 is 5.82 Å². The summed E-state index contributed by atoms with van der Waals surface area (Å²) in [7, 11) is 1.70. The van der Waals surface area contributed by atoms with Gasteiger partial charge in [0.25, 0.3) is 5.91 Å². The van der Waals surface area contributed by atoms with Crippen molar-refractivity contribution >= 4 is 21.8 Å². The normalized spacial score (nSPS) is 12.3. The molecular weight excluding hydrogens is 285 g/mol. The summed E-state index contributed by atoms with van der Waals surface area (Å²) in [6.07, 6.45) is 0.996. The summed E-state index contributed by atoms with van der Waals surface area (Å²) in [6.45, 7) is 4.78. The van der Waals surface area contributed by atoms with E-state index in [-0.39, 0.29) is 11.5 Å². The van der Waals surface area contributed by atoms with Crippen LogP contribution in [-0.2, 0) is 0 Å². The van der Waals surface area contributed by atoms with Crippen LogP contribution in [0, 0.1) is 11.7 Å². The number of amides is 1. The Hall–Kier alpha value is -0.900. The highest BCUT2D eigenvalue weighted by Crippen LogP contribution is 2.21. The average Bonchev–Trinajstić information content (AvgIpc) is 2.28. The zero-order chi connectivity index (χ0) is 13.0. The van der Waals surface area contributed by atoms with E-state index in [4.69, 9.17) is 0 Å². The van der Waals surface area contributed by atoms with E-state index in [1.165, 1.54) is 6.07 Å². The van der Waals surface area contributed by atoms with Gasteiger partial charge in [0, 0.05) is 18.1 Å². The maximum atomic E-state index is 13.6. The van der Waals surface area contributed by atoms with Gasteiger partial charge < -0.3 is 4.90 Å². The smallest absolute Gasteiger partial charge is 0.257 e. The Bertz CT molecular complexity index is 388. The Morgan fingerprint density at radius 2 is 2.18 bits per heavy atom. The van der Waals surface area contributed by atoms with Crippen LogP contribution in [0.15, 0.2) is 22.7 Å². The van der Waals surface area contributed by atoms with Crippen molar-refractivity contribution < 1.29 is 9.18 Å². The molecule has 0 aliphatic heterocycles. The van der Waals surface area contributed by atoms with Crippen LogP contribution in [-0.4, -0.2) is 24.4 Å². The predicted octanol–water partition coefficient (Wildman–Crippen LogP) is 3.71. The van der Waals surface area contributed by atoms with E-state index in [0.717, 1.165) is 6.42 Å². The van der Waals surface area contributed by atoms with Gasteiger partial charge in [0.15, 0.2) is 0 Å². The third-order valence-corrected chi connectivity index (χ3v) is 3.47. The number of halogens is 2. The van der Waals surface area contributed by atoms with E-state index in [1.54, 1.807) is 24.1 Å². The van der Waals surface area contributed by atoms with Crippen molar-refractivity contribution in [2.75, 3.05) is 13.6 Å². The molecule has 1 aromatic carbocycles. The van der Waals surface area contributed by atoms with Crippen LogP contribution in [0.25, 0.3) is 0 Å². The van der Waals surface area contributed by atoms with Gasteiger partial charge in [-0.1, -0.05) is 26.3 Å². The van der Waals surface area contributed by atoms with Crippen LogP contribution >= 0.6 is 15.9 Å². The predicted molar refractivity (Wildman–Crippen MR) is 70.5 cm³/mol. The van der Waals surface area contributed by atoms with Crippen molar-refractivity contribution in [2.24, 2.45) is 5.92 Å². The summed E-state index contributed by atoms with van der Waals surface area (Å²) in [5, 5.41) is 0. The van der Waals surface area contributed by atoms with Crippen molar-refractivity contribution in [2.45, 2.75) is 20.3 Å². The maximum Gasteiger partial charge on any atom is 0.257 e. The molecule has 1 unspecified atom stereocenters. The van der Waals surface area contributed by atoms with Gasteiger partial charge in [-0.2, -0.15) is 0 Å². The van der Waals surface area contributed by atoms with Crippen LogP contribution < -0.4 is 0 Å². The zero-order valence-electron chi connectivity index (χ0n) is 10.3. The Morgan fingerprint density at radius 1 is 1.53 bits per heavy atom. The molecule has 1 atom stereocenters. The molecule has 1 amide bonds. The summed E-state index contributed by atoms with van der Waals surface area (Å²) >= 11 is 3.21. The number of hydrogen-bond donors (Lipinski definition) is 0. The summed E-state index contributed by atoms with van der Waals surface area (Å²) in [4.78, 5) is 13.7. The highest BCUT2D eigenvalue weighted by atomic mass is 79.9. The lowest BCUT2D eigenvalue weighted by molar-refractivity contribution is 0.0769. The minimum Gasteiger partial charge on any atom is -0.341 e. The van der Waals surface area contributed by atoms with E-state index in [0.29, 0.717) is 16.9 Å². The minimum atomic E-state index is -0.486. The van der Waals surface area contributed by atoms with Crippen LogP contribution in [0.1, 0.15) is 30.6 Å². The molecule has 0 radical (unpaired) electrons. The Labute approximate surface area is 110 Å². The fourth-order valence-electron chi connectivity index (χ4n) is 1.57. The molecule has 1 aromatic rings. The largest absolute Gasteiger partial charge is 0.341 e. The third kappa shape index (κ3) is 3.53. The highest BCUT2D eigenvalue weighted by molar-refractivity contribution is 9.10. The van der Waals surface area contributed by atoms with E-state index in [2.05, 4.69) is 29.8 Å². The summed E-state index contributed by atoms with van der Waals surface area (Å²) in [6, 6.07) is 4.55. The minimum absolute atomic E-state index is 0.110. The molecule has 1 rings (SSSR count). The van der Waals surface area contributed by atoms with Gasteiger partial charge >= 0.3 is 0 Å². The van der Waals surface area contributed by atoms with Crippen molar-refractivity contribution in [1.29, 1.82) is 0 Å². The second-order valence-electron chi connectivity index (χ2n) is 4.30. The fraction of sp³-hybridized carbons (Fsp3) is 0.462. The van der Waals surface area contributed by atoms with Crippen LogP contribution in [0.3, 0.4) is 0 Å². The van der Waals surface area contributed by atoms with E-state index >= 15 is 0 Å². The molecule has 17 heavy (non-hydrogen) atoms. The summed E-state index contributed by atoms with van der Waals surface area (Å²) in [5.41, 5.74) is 0.110. The van der Waals surface area contributed by atoms with Crippen molar-refractivity contribution in [1.82, 2.24) is 4.90 Å². The lowest BCUT2D eigenvalue weighted by Crippen LogP contribution is -2.31. The summed E-state index contributed by atoms with van der Waals surface area (Å²) < 4.78 is 14.1. The number of nitrogens with zero attached hydrogens (tertiary/aromatic N) is 1. The van der Waals surface area contributed by atoms with Gasteiger partial charge in [0.1, 0.15) is 5.82 Å². The first kappa shape index (κ1) is 14.2. The lowest BCUT2D eigenvalue weighted by Gasteiger charge is -2.21. The molecule has 0 N–H and O–H groups in total. The monoisotopic (exact) mass is 301 g/mol. The maximum absolute atomic E-state index is 13.6. The first-order valence-electron chi connectivity index (χ1n) is 5.66. The highest BCUT2D eigenvalue weighted by Gasteiger charge is 2.19. The third-order valence-electron chi connectivity index (χ3n) is 2.81. The van der Waals surface area contributed by atoms with Gasteiger partial charge in [-0.15, -0.1) is 0 Å². The number of carbonyl (C=O) groups excluding carboxylic acids is 1. The van der Waals surface area contributed by atoms with Gasteiger partial charge in [-0.3, -0.25) is 4.79 Å². The molecule has 94 valence electrons.